The lowest BCUT2D eigenvalue weighted by Crippen LogP contribution is -2.34. The van der Waals surface area contributed by atoms with Gasteiger partial charge in [0, 0.05) is 46.7 Å². The Kier molecular flexibility index (Phi) is 6.63. The second kappa shape index (κ2) is 9.42. The molecule has 5 rings (SSSR count). The molecule has 3 atom stereocenters. The Morgan fingerprint density at radius 2 is 1.97 bits per heavy atom. The van der Waals surface area contributed by atoms with Crippen molar-refractivity contribution in [3.8, 4) is 11.3 Å². The van der Waals surface area contributed by atoms with Gasteiger partial charge in [-0.15, -0.1) is 0 Å². The third-order valence-corrected chi connectivity index (χ3v) is 9.10. The van der Waals surface area contributed by atoms with Crippen LogP contribution in [0.3, 0.4) is 0 Å². The zero-order valence-electron chi connectivity index (χ0n) is 19.2. The number of aromatic amines is 1. The lowest BCUT2D eigenvalue weighted by atomic mass is 10.1. The summed E-state index contributed by atoms with van der Waals surface area (Å²) in [7, 11) is 0. The van der Waals surface area contributed by atoms with Crippen LogP contribution in [0.25, 0.3) is 11.3 Å². The molecule has 184 valence electrons. The fourth-order valence-corrected chi connectivity index (χ4v) is 6.59. The molecule has 2 fully saturated rings. The molecule has 0 bridgehead atoms. The van der Waals surface area contributed by atoms with E-state index in [9.17, 15) is 9.59 Å². The highest BCUT2D eigenvalue weighted by Crippen LogP contribution is 2.48. The van der Waals surface area contributed by atoms with E-state index < -0.39 is 0 Å². The van der Waals surface area contributed by atoms with Gasteiger partial charge < -0.3 is 19.9 Å². The SMILES string of the molecule is CCOC(=O)c1sc(N2C[C@@H]3C(NC(=O)c4[nH]c(C)c(Cl)c4Cl)[C@@H]3C2)nc1-c1ccc(Br)cc1C. The van der Waals surface area contributed by atoms with E-state index in [0.717, 1.165) is 33.8 Å². The van der Waals surface area contributed by atoms with Crippen LogP contribution >= 0.6 is 50.5 Å². The highest BCUT2D eigenvalue weighted by Gasteiger charge is 2.57. The number of nitrogens with zero attached hydrogens (tertiary/aromatic N) is 2. The van der Waals surface area contributed by atoms with E-state index in [1.165, 1.54) is 11.3 Å². The molecular weight excluding hydrogens is 575 g/mol. The molecule has 0 radical (unpaired) electrons. The number of anilines is 1. The summed E-state index contributed by atoms with van der Waals surface area (Å²) in [6.45, 7) is 7.37. The highest BCUT2D eigenvalue weighted by atomic mass is 79.9. The van der Waals surface area contributed by atoms with Crippen molar-refractivity contribution in [2.24, 2.45) is 11.8 Å². The summed E-state index contributed by atoms with van der Waals surface area (Å²) < 4.78 is 6.29. The maximum absolute atomic E-state index is 12.7. The standard InChI is InChI=1S/C24H23BrCl2N4O3S/c1-4-34-23(33)21-19(13-6-5-12(25)7-10(13)2)30-24(35-21)31-8-14-15(9-31)18(14)29-22(32)20-17(27)16(26)11(3)28-20/h5-7,14-15,18,28H,4,8-9H2,1-3H3,(H,29,32)/t14-,15+,18?. The van der Waals surface area contributed by atoms with Gasteiger partial charge in [0.25, 0.3) is 5.91 Å². The van der Waals surface area contributed by atoms with Gasteiger partial charge in [0.15, 0.2) is 5.13 Å². The third kappa shape index (κ3) is 4.48. The van der Waals surface area contributed by atoms with Crippen LogP contribution in [-0.2, 0) is 4.74 Å². The average molecular weight is 598 g/mol. The number of esters is 1. The first-order valence-corrected chi connectivity index (χ1v) is 13.6. The van der Waals surface area contributed by atoms with Gasteiger partial charge in [-0.05, 0) is 38.5 Å². The van der Waals surface area contributed by atoms with E-state index >= 15 is 0 Å². The van der Waals surface area contributed by atoms with E-state index in [-0.39, 0.29) is 22.9 Å². The summed E-state index contributed by atoms with van der Waals surface area (Å²) in [5, 5.41) is 4.49. The molecule has 1 unspecified atom stereocenters. The smallest absolute Gasteiger partial charge is 0.350 e. The van der Waals surface area contributed by atoms with Crippen molar-refractivity contribution in [3.05, 3.63) is 54.5 Å². The van der Waals surface area contributed by atoms with Crippen LogP contribution in [0.1, 0.15) is 38.3 Å². The van der Waals surface area contributed by atoms with Crippen LogP contribution in [0.2, 0.25) is 10.0 Å². The topological polar surface area (TPSA) is 87.3 Å². The number of benzene rings is 1. The summed E-state index contributed by atoms with van der Waals surface area (Å²) >= 11 is 17.1. The monoisotopic (exact) mass is 596 g/mol. The molecule has 1 saturated heterocycles. The summed E-state index contributed by atoms with van der Waals surface area (Å²) in [5.41, 5.74) is 3.54. The number of ether oxygens (including phenoxy) is 1. The third-order valence-electron chi connectivity index (χ3n) is 6.56. The fourth-order valence-electron chi connectivity index (χ4n) is 4.70. The Balaban J connectivity index is 1.32. The number of rotatable bonds is 6. The Morgan fingerprint density at radius 1 is 1.26 bits per heavy atom. The normalized spacial score (nSPS) is 20.6. The molecule has 35 heavy (non-hydrogen) atoms. The van der Waals surface area contributed by atoms with Crippen molar-refractivity contribution in [1.82, 2.24) is 15.3 Å². The zero-order valence-corrected chi connectivity index (χ0v) is 23.2. The van der Waals surface area contributed by atoms with Crippen LogP contribution in [0.5, 0.6) is 0 Å². The number of aryl methyl sites for hydroxylation is 2. The summed E-state index contributed by atoms with van der Waals surface area (Å²) in [6.07, 6.45) is 0. The fraction of sp³-hybridized carbons (Fsp3) is 0.375. The number of halogens is 3. The largest absolute Gasteiger partial charge is 0.462 e. The number of hydrogen-bond donors (Lipinski definition) is 2. The van der Waals surface area contributed by atoms with E-state index in [0.29, 0.717) is 45.4 Å². The number of amides is 1. The second-order valence-electron chi connectivity index (χ2n) is 8.84. The molecular formula is C24H23BrCl2N4O3S. The van der Waals surface area contributed by atoms with E-state index in [1.807, 2.05) is 25.1 Å². The van der Waals surface area contributed by atoms with Crippen molar-refractivity contribution >= 4 is 67.5 Å². The molecule has 1 aromatic carbocycles. The second-order valence-corrected chi connectivity index (χ2v) is 11.5. The first-order chi connectivity index (χ1) is 16.7. The number of carbonyl (C=O) groups excluding carboxylic acids is 2. The van der Waals surface area contributed by atoms with Gasteiger partial charge in [-0.3, -0.25) is 4.79 Å². The molecule has 1 saturated carbocycles. The lowest BCUT2D eigenvalue weighted by molar-refractivity contribution is 0.0532. The number of fused-ring (bicyclic) bond motifs is 1. The van der Waals surface area contributed by atoms with Crippen molar-refractivity contribution in [3.63, 3.8) is 0 Å². The lowest BCUT2D eigenvalue weighted by Gasteiger charge is -2.19. The van der Waals surface area contributed by atoms with Crippen molar-refractivity contribution in [2.45, 2.75) is 26.8 Å². The van der Waals surface area contributed by atoms with Crippen molar-refractivity contribution in [1.29, 1.82) is 0 Å². The van der Waals surface area contributed by atoms with Gasteiger partial charge in [-0.1, -0.05) is 56.5 Å². The van der Waals surface area contributed by atoms with Crippen LogP contribution in [0.4, 0.5) is 5.13 Å². The van der Waals surface area contributed by atoms with Gasteiger partial charge in [-0.2, -0.15) is 0 Å². The van der Waals surface area contributed by atoms with Gasteiger partial charge in [0.05, 0.1) is 22.3 Å². The summed E-state index contributed by atoms with van der Waals surface area (Å²) in [6, 6.07) is 6.00. The Hall–Kier alpha value is -2.07. The highest BCUT2D eigenvalue weighted by molar-refractivity contribution is 9.10. The van der Waals surface area contributed by atoms with Gasteiger partial charge in [0.1, 0.15) is 10.6 Å². The summed E-state index contributed by atoms with van der Waals surface area (Å²) in [5.74, 6) is 0.0248. The average Bonchev–Trinajstić information content (AvgIpc) is 3.19. The minimum absolute atomic E-state index is 0.0786. The molecule has 1 amide bonds. The molecule has 1 aliphatic heterocycles. The Labute approximate surface area is 225 Å². The number of piperidine rings is 1. The molecule has 3 heterocycles. The molecule has 2 N–H and O–H groups in total. The first kappa shape index (κ1) is 24.6. The summed E-state index contributed by atoms with van der Waals surface area (Å²) in [4.78, 5) is 35.9. The van der Waals surface area contributed by atoms with Gasteiger partial charge in [0.2, 0.25) is 0 Å². The number of H-pyrrole nitrogens is 1. The molecule has 3 aromatic rings. The number of hydrogen-bond acceptors (Lipinski definition) is 6. The molecule has 1 aliphatic carbocycles. The minimum Gasteiger partial charge on any atom is -0.462 e. The maximum atomic E-state index is 12.7. The van der Waals surface area contributed by atoms with Crippen molar-refractivity contribution < 1.29 is 14.3 Å². The minimum atomic E-state index is -0.361. The number of aromatic nitrogens is 2. The van der Waals surface area contributed by atoms with Gasteiger partial charge >= 0.3 is 5.97 Å². The number of carbonyl (C=O) groups is 2. The van der Waals surface area contributed by atoms with Crippen LogP contribution in [0.15, 0.2) is 22.7 Å². The van der Waals surface area contributed by atoms with E-state index in [1.54, 1.807) is 13.8 Å². The predicted molar refractivity (Wildman–Crippen MR) is 142 cm³/mol. The molecule has 11 heteroatoms. The Bertz CT molecular complexity index is 1330. The van der Waals surface area contributed by atoms with Crippen LogP contribution < -0.4 is 10.2 Å². The molecule has 0 spiro atoms. The van der Waals surface area contributed by atoms with E-state index in [4.69, 9.17) is 32.9 Å². The maximum Gasteiger partial charge on any atom is 0.350 e. The Morgan fingerprint density at radius 3 is 2.57 bits per heavy atom. The van der Waals surface area contributed by atoms with Crippen LogP contribution in [0, 0.1) is 25.7 Å². The molecule has 2 aromatic heterocycles. The first-order valence-electron chi connectivity index (χ1n) is 11.2. The van der Waals surface area contributed by atoms with E-state index in [2.05, 4.69) is 31.1 Å². The van der Waals surface area contributed by atoms with Crippen LogP contribution in [-0.4, -0.2) is 47.6 Å². The molecule has 2 aliphatic rings. The van der Waals surface area contributed by atoms with Crippen molar-refractivity contribution in [2.75, 3.05) is 24.6 Å². The number of nitrogens with one attached hydrogen (secondary N) is 2. The zero-order chi connectivity index (χ0) is 25.0. The van der Waals surface area contributed by atoms with Gasteiger partial charge in [-0.25, -0.2) is 9.78 Å². The number of thiazole rings is 1. The molecule has 7 nitrogen and oxygen atoms in total. The predicted octanol–water partition coefficient (Wildman–Crippen LogP) is 5.87. The quantitative estimate of drug-likeness (QED) is 0.347.